The molecule has 1 amide bonds. The fourth-order valence-electron chi connectivity index (χ4n) is 1.10. The molecule has 0 spiro atoms. The Morgan fingerprint density at radius 2 is 1.95 bits per heavy atom. The number of hydrogen-bond acceptors (Lipinski definition) is 6. The van der Waals surface area contributed by atoms with Gasteiger partial charge in [-0.3, -0.25) is 4.79 Å². The van der Waals surface area contributed by atoms with Gasteiger partial charge in [-0.05, 0) is 17.9 Å². The molecular weight excluding hydrogens is 312 g/mol. The summed E-state index contributed by atoms with van der Waals surface area (Å²) in [6.07, 6.45) is 1.15. The molecule has 4 N–H and O–H groups in total. The third kappa shape index (κ3) is 6.30. The van der Waals surface area contributed by atoms with Gasteiger partial charge < -0.3 is 16.2 Å². The third-order valence-corrected chi connectivity index (χ3v) is 5.26. The first-order valence-corrected chi connectivity index (χ1v) is 8.22. The molecule has 0 aromatic rings. The van der Waals surface area contributed by atoms with Crippen LogP contribution in [-0.4, -0.2) is 39.1 Å². The lowest BCUT2D eigenvalue weighted by atomic mass is 10.2. The molecule has 6 nitrogen and oxygen atoms in total. The van der Waals surface area contributed by atoms with E-state index in [9.17, 15) is 13.2 Å². The van der Waals surface area contributed by atoms with Gasteiger partial charge in [0.25, 0.3) is 0 Å². The molecule has 0 heterocycles. The number of rotatable bonds is 9. The number of thioether (sulfide) groups is 1. The van der Waals surface area contributed by atoms with Crippen molar-refractivity contribution >= 4 is 27.5 Å². The summed E-state index contributed by atoms with van der Waals surface area (Å²) in [7, 11) is -3.84. The molecule has 21 heavy (non-hydrogen) atoms. The molecule has 0 aromatic carbocycles. The largest absolute Gasteiger partial charge is 0.395 e. The SMILES string of the molecule is C=C(CN)SC(=C)S(=O)(=O)C(=C)/C=C(\C)C(=O)NCCO. The average molecular weight is 332 g/mol. The molecule has 0 atom stereocenters. The van der Waals surface area contributed by atoms with Crippen LogP contribution in [0.2, 0.25) is 0 Å². The highest BCUT2D eigenvalue weighted by Gasteiger charge is 2.20. The predicted octanol–water partition coefficient (Wildman–Crippen LogP) is 0.647. The number of aliphatic hydroxyl groups excluding tert-OH is 1. The molecule has 0 radical (unpaired) electrons. The topological polar surface area (TPSA) is 109 Å². The maximum absolute atomic E-state index is 12.1. The van der Waals surface area contributed by atoms with E-state index in [4.69, 9.17) is 10.8 Å². The highest BCUT2D eigenvalue weighted by molar-refractivity contribution is 8.22. The molecule has 0 unspecified atom stereocenters. The quantitative estimate of drug-likeness (QED) is 0.422. The van der Waals surface area contributed by atoms with Crippen LogP contribution in [0.1, 0.15) is 6.92 Å². The Bertz CT molecular complexity index is 577. The average Bonchev–Trinajstić information content (AvgIpc) is 2.43. The number of nitrogens with two attached hydrogens (primary N) is 1. The van der Waals surface area contributed by atoms with Crippen molar-refractivity contribution in [3.05, 3.63) is 45.4 Å². The van der Waals surface area contributed by atoms with Crippen molar-refractivity contribution < 1.29 is 18.3 Å². The molecule has 8 heteroatoms. The third-order valence-electron chi connectivity index (χ3n) is 2.26. The second-order valence-corrected chi connectivity index (χ2v) is 7.55. The number of allylic oxidation sites excluding steroid dienone is 1. The van der Waals surface area contributed by atoms with E-state index in [-0.39, 0.29) is 34.4 Å². The van der Waals surface area contributed by atoms with Crippen molar-refractivity contribution in [1.29, 1.82) is 0 Å². The van der Waals surface area contributed by atoms with Crippen LogP contribution < -0.4 is 11.1 Å². The van der Waals surface area contributed by atoms with Gasteiger partial charge in [0.05, 0.1) is 11.5 Å². The van der Waals surface area contributed by atoms with Crippen LogP contribution in [0, 0.1) is 0 Å². The summed E-state index contributed by atoms with van der Waals surface area (Å²) in [5, 5.41) is 11.0. The lowest BCUT2D eigenvalue weighted by molar-refractivity contribution is -0.117. The normalized spacial score (nSPS) is 11.9. The smallest absolute Gasteiger partial charge is 0.247 e. The van der Waals surface area contributed by atoms with Crippen LogP contribution >= 0.6 is 11.8 Å². The number of carbonyl (C=O) groups excluding carboxylic acids is 1. The molecule has 0 aliphatic heterocycles. The van der Waals surface area contributed by atoms with Crippen LogP contribution in [0.15, 0.2) is 45.4 Å². The molecule has 0 aliphatic carbocycles. The second kappa shape index (κ2) is 8.83. The fraction of sp³-hybridized carbons (Fsp3) is 0.308. The highest BCUT2D eigenvalue weighted by atomic mass is 32.3. The van der Waals surface area contributed by atoms with Crippen molar-refractivity contribution in [2.75, 3.05) is 19.7 Å². The second-order valence-electron chi connectivity index (χ2n) is 3.99. The Labute approximate surface area is 129 Å². The zero-order chi connectivity index (χ0) is 16.6. The summed E-state index contributed by atoms with van der Waals surface area (Å²) in [4.78, 5) is 11.8. The van der Waals surface area contributed by atoms with Crippen LogP contribution in [0.3, 0.4) is 0 Å². The Hall–Kier alpha value is -1.35. The molecule has 0 saturated heterocycles. The van der Waals surface area contributed by atoms with E-state index < -0.39 is 15.7 Å². The first kappa shape index (κ1) is 19.7. The zero-order valence-electron chi connectivity index (χ0n) is 11.9. The van der Waals surface area contributed by atoms with Gasteiger partial charge in [-0.25, -0.2) is 8.42 Å². The molecule has 0 saturated carbocycles. The van der Waals surface area contributed by atoms with E-state index in [1.807, 2.05) is 0 Å². The molecule has 0 bridgehead atoms. The summed E-state index contributed by atoms with van der Waals surface area (Å²) >= 11 is 0.859. The standard InChI is InChI=1S/C13H20N2O4S2/c1-9(13(17)15-5-6-16)7-11(3)21(18,19)12(4)20-10(2)8-14/h7,16H,2-6,8,14H2,1H3,(H,15,17)/b9-7+. The van der Waals surface area contributed by atoms with Crippen molar-refractivity contribution in [3.8, 4) is 0 Å². The van der Waals surface area contributed by atoms with Crippen LogP contribution in [0.25, 0.3) is 0 Å². The minimum absolute atomic E-state index is 0.0854. The number of amides is 1. The van der Waals surface area contributed by atoms with E-state index in [0.29, 0.717) is 4.91 Å². The van der Waals surface area contributed by atoms with Crippen molar-refractivity contribution in [2.45, 2.75) is 6.92 Å². The summed E-state index contributed by atoms with van der Waals surface area (Å²) in [5.41, 5.74) is 5.50. The van der Waals surface area contributed by atoms with Crippen LogP contribution in [0.5, 0.6) is 0 Å². The van der Waals surface area contributed by atoms with Crippen molar-refractivity contribution in [2.24, 2.45) is 5.73 Å². The molecule has 0 fully saturated rings. The van der Waals surface area contributed by atoms with Gasteiger partial charge in [0.15, 0.2) is 0 Å². The summed E-state index contributed by atoms with van der Waals surface area (Å²) in [6, 6.07) is 0. The number of carbonyl (C=O) groups is 1. The van der Waals surface area contributed by atoms with Gasteiger partial charge in [0, 0.05) is 18.7 Å². The van der Waals surface area contributed by atoms with Gasteiger partial charge in [-0.1, -0.05) is 31.5 Å². The van der Waals surface area contributed by atoms with Gasteiger partial charge in [-0.15, -0.1) is 0 Å². The summed E-state index contributed by atoms with van der Waals surface area (Å²) in [6.45, 7) is 12.0. The van der Waals surface area contributed by atoms with Crippen LogP contribution in [0.4, 0.5) is 0 Å². The first-order chi connectivity index (χ1) is 9.66. The van der Waals surface area contributed by atoms with E-state index in [1.165, 1.54) is 6.92 Å². The van der Waals surface area contributed by atoms with Crippen molar-refractivity contribution in [1.82, 2.24) is 5.32 Å². The number of sulfone groups is 1. The summed E-state index contributed by atoms with van der Waals surface area (Å²) in [5.74, 6) is -0.481. The lowest BCUT2D eigenvalue weighted by Crippen LogP contribution is -2.27. The fourth-order valence-corrected chi connectivity index (χ4v) is 3.24. The molecule has 0 rings (SSSR count). The van der Waals surface area contributed by atoms with Crippen LogP contribution in [-0.2, 0) is 14.6 Å². The maximum Gasteiger partial charge on any atom is 0.247 e. The minimum atomic E-state index is -3.84. The molecule has 0 aromatic heterocycles. The minimum Gasteiger partial charge on any atom is -0.395 e. The lowest BCUT2D eigenvalue weighted by Gasteiger charge is -2.09. The summed E-state index contributed by atoms with van der Waals surface area (Å²) < 4.78 is 24.1. The Balaban J connectivity index is 5.02. The molecule has 118 valence electrons. The Morgan fingerprint density at radius 3 is 2.43 bits per heavy atom. The van der Waals surface area contributed by atoms with Gasteiger partial charge >= 0.3 is 0 Å². The van der Waals surface area contributed by atoms with E-state index in [1.54, 1.807) is 0 Å². The monoisotopic (exact) mass is 332 g/mol. The number of hydrogen-bond donors (Lipinski definition) is 3. The predicted molar refractivity (Wildman–Crippen MR) is 86.8 cm³/mol. The Morgan fingerprint density at radius 1 is 1.38 bits per heavy atom. The first-order valence-electron chi connectivity index (χ1n) is 5.92. The highest BCUT2D eigenvalue weighted by Crippen LogP contribution is 2.30. The molecule has 0 aliphatic rings. The van der Waals surface area contributed by atoms with Crippen molar-refractivity contribution in [3.63, 3.8) is 0 Å². The van der Waals surface area contributed by atoms with E-state index >= 15 is 0 Å². The maximum atomic E-state index is 12.1. The molecular formula is C13H20N2O4S2. The van der Waals surface area contributed by atoms with Gasteiger partial charge in [0.1, 0.15) is 4.24 Å². The zero-order valence-corrected chi connectivity index (χ0v) is 13.5. The number of aliphatic hydroxyl groups is 1. The van der Waals surface area contributed by atoms with E-state index in [0.717, 1.165) is 17.8 Å². The van der Waals surface area contributed by atoms with Gasteiger partial charge in [-0.2, -0.15) is 0 Å². The van der Waals surface area contributed by atoms with Gasteiger partial charge in [0.2, 0.25) is 15.7 Å². The Kier molecular flexibility index (Phi) is 8.26. The van der Waals surface area contributed by atoms with E-state index in [2.05, 4.69) is 25.1 Å². The number of nitrogens with one attached hydrogen (secondary N) is 1.